The summed E-state index contributed by atoms with van der Waals surface area (Å²) in [7, 11) is 0. The van der Waals surface area contributed by atoms with E-state index in [0.29, 0.717) is 37.9 Å². The Labute approximate surface area is 135 Å². The largest absolute Gasteiger partial charge is 0.463 e. The Morgan fingerprint density at radius 3 is 2.50 bits per heavy atom. The van der Waals surface area contributed by atoms with Crippen LogP contribution in [0.1, 0.15) is 38.2 Å². The molecule has 0 bridgehead atoms. The van der Waals surface area contributed by atoms with Gasteiger partial charge in [-0.15, -0.1) is 0 Å². The van der Waals surface area contributed by atoms with E-state index in [2.05, 4.69) is 10.3 Å². The standard InChI is InChI=1S/C14H16F3N3O4/c1-8(21)24-11-4-2-10(3-5-11)19-13-12(20(22)23)6-9(7-18-13)14(15,16)17/h6-7,10-11H,2-5H2,1H3,(H,18,19)/t10-,11-. The summed E-state index contributed by atoms with van der Waals surface area (Å²) in [6, 6.07) is 0.291. The van der Waals surface area contributed by atoms with Gasteiger partial charge in [-0.3, -0.25) is 14.9 Å². The van der Waals surface area contributed by atoms with Crippen LogP contribution in [0.15, 0.2) is 12.3 Å². The summed E-state index contributed by atoms with van der Waals surface area (Å²) in [6.45, 7) is 1.32. The molecule has 1 aliphatic carbocycles. The van der Waals surface area contributed by atoms with Gasteiger partial charge in [0.1, 0.15) is 6.10 Å². The van der Waals surface area contributed by atoms with Crippen LogP contribution in [0.4, 0.5) is 24.7 Å². The summed E-state index contributed by atoms with van der Waals surface area (Å²) in [6.07, 6.45) is -2.04. The SMILES string of the molecule is CC(=O)O[C@H]1CC[C@H](Nc2ncc(C(F)(F)F)cc2[N+](=O)[O-])CC1. The molecule has 0 atom stereocenters. The predicted octanol–water partition coefficient (Wildman–Crippen LogP) is 3.29. The summed E-state index contributed by atoms with van der Waals surface area (Å²) in [4.78, 5) is 24.6. The third-order valence-electron chi connectivity index (χ3n) is 3.74. The van der Waals surface area contributed by atoms with Crippen molar-refractivity contribution in [2.75, 3.05) is 5.32 Å². The van der Waals surface area contributed by atoms with Crippen LogP contribution in [-0.2, 0) is 15.7 Å². The Bertz CT molecular complexity index is 628. The third kappa shape index (κ3) is 4.56. The number of halogens is 3. The molecule has 0 aromatic carbocycles. The van der Waals surface area contributed by atoms with E-state index in [9.17, 15) is 28.1 Å². The van der Waals surface area contributed by atoms with Gasteiger partial charge in [0.05, 0.1) is 10.5 Å². The number of nitrogens with zero attached hydrogens (tertiary/aromatic N) is 2. The maximum atomic E-state index is 12.6. The number of anilines is 1. The van der Waals surface area contributed by atoms with Crippen molar-refractivity contribution in [3.05, 3.63) is 27.9 Å². The molecule has 1 heterocycles. The van der Waals surface area contributed by atoms with Gasteiger partial charge >= 0.3 is 17.8 Å². The van der Waals surface area contributed by atoms with Crippen molar-refractivity contribution in [3.8, 4) is 0 Å². The second kappa shape index (κ2) is 7.02. The summed E-state index contributed by atoms with van der Waals surface area (Å²) in [5.41, 5.74) is -1.88. The molecule has 1 N–H and O–H groups in total. The Morgan fingerprint density at radius 2 is 2.00 bits per heavy atom. The van der Waals surface area contributed by atoms with Crippen LogP contribution in [0, 0.1) is 10.1 Å². The number of carbonyl (C=O) groups excluding carboxylic acids is 1. The highest BCUT2D eigenvalue weighted by Crippen LogP contribution is 2.34. The van der Waals surface area contributed by atoms with Gasteiger partial charge in [0.15, 0.2) is 0 Å². The van der Waals surface area contributed by atoms with Gasteiger partial charge in [0.2, 0.25) is 5.82 Å². The van der Waals surface area contributed by atoms with Gasteiger partial charge in [0.25, 0.3) is 0 Å². The summed E-state index contributed by atoms with van der Waals surface area (Å²) < 4.78 is 43.0. The van der Waals surface area contributed by atoms with Gasteiger partial charge in [-0.1, -0.05) is 0 Å². The van der Waals surface area contributed by atoms with Crippen molar-refractivity contribution in [3.63, 3.8) is 0 Å². The molecule has 24 heavy (non-hydrogen) atoms. The second-order valence-corrected chi connectivity index (χ2v) is 5.57. The fourth-order valence-corrected chi connectivity index (χ4v) is 2.61. The first-order chi connectivity index (χ1) is 11.2. The number of ether oxygens (including phenoxy) is 1. The van der Waals surface area contributed by atoms with Crippen LogP contribution in [-0.4, -0.2) is 28.0 Å². The van der Waals surface area contributed by atoms with E-state index in [1.807, 2.05) is 0 Å². The minimum Gasteiger partial charge on any atom is -0.463 e. The molecule has 1 saturated carbocycles. The number of rotatable bonds is 4. The maximum absolute atomic E-state index is 12.6. The van der Waals surface area contributed by atoms with E-state index >= 15 is 0 Å². The van der Waals surface area contributed by atoms with E-state index < -0.39 is 22.4 Å². The smallest absolute Gasteiger partial charge is 0.418 e. The number of hydrogen-bond acceptors (Lipinski definition) is 6. The molecule has 0 amide bonds. The van der Waals surface area contributed by atoms with Gasteiger partial charge in [-0.2, -0.15) is 13.2 Å². The molecule has 0 saturated heterocycles. The minimum absolute atomic E-state index is 0.181. The van der Waals surface area contributed by atoms with Crippen LogP contribution in [0.25, 0.3) is 0 Å². The molecule has 0 spiro atoms. The maximum Gasteiger partial charge on any atom is 0.418 e. The topological polar surface area (TPSA) is 94.4 Å². The number of hydrogen-bond donors (Lipinski definition) is 1. The molecular weight excluding hydrogens is 331 g/mol. The Balaban J connectivity index is 2.07. The normalized spacial score (nSPS) is 21.2. The highest BCUT2D eigenvalue weighted by atomic mass is 19.4. The Morgan fingerprint density at radius 1 is 1.38 bits per heavy atom. The highest BCUT2D eigenvalue weighted by molar-refractivity contribution is 5.66. The van der Waals surface area contributed by atoms with Crippen LogP contribution in [0.2, 0.25) is 0 Å². The van der Waals surface area contributed by atoms with E-state index in [1.54, 1.807) is 0 Å². The number of alkyl halides is 3. The van der Waals surface area contributed by atoms with Gasteiger partial charge < -0.3 is 10.1 Å². The number of aromatic nitrogens is 1. The Kier molecular flexibility index (Phi) is 5.25. The first-order valence-electron chi connectivity index (χ1n) is 7.32. The molecule has 7 nitrogen and oxygen atoms in total. The zero-order valence-electron chi connectivity index (χ0n) is 12.8. The molecule has 0 unspecified atom stereocenters. The molecule has 1 fully saturated rings. The molecule has 132 valence electrons. The molecule has 10 heteroatoms. The predicted molar refractivity (Wildman–Crippen MR) is 77.3 cm³/mol. The second-order valence-electron chi connectivity index (χ2n) is 5.57. The number of nitrogens with one attached hydrogen (secondary N) is 1. The lowest BCUT2D eigenvalue weighted by Gasteiger charge is -2.28. The minimum atomic E-state index is -4.70. The Hall–Kier alpha value is -2.39. The van der Waals surface area contributed by atoms with Crippen molar-refractivity contribution in [2.24, 2.45) is 0 Å². The van der Waals surface area contributed by atoms with Crippen molar-refractivity contribution in [1.29, 1.82) is 0 Å². The van der Waals surface area contributed by atoms with E-state index in [-0.39, 0.29) is 23.9 Å². The molecule has 1 aromatic rings. The van der Waals surface area contributed by atoms with E-state index in [1.165, 1.54) is 6.92 Å². The highest BCUT2D eigenvalue weighted by Gasteiger charge is 2.34. The van der Waals surface area contributed by atoms with Crippen LogP contribution in [0.3, 0.4) is 0 Å². The first kappa shape index (κ1) is 18.0. The molecular formula is C14H16F3N3O4. The zero-order chi connectivity index (χ0) is 17.9. The van der Waals surface area contributed by atoms with Gasteiger partial charge in [-0.25, -0.2) is 4.98 Å². The van der Waals surface area contributed by atoms with Gasteiger partial charge in [0, 0.05) is 25.2 Å². The lowest BCUT2D eigenvalue weighted by Crippen LogP contribution is -2.31. The molecule has 1 aliphatic rings. The lowest BCUT2D eigenvalue weighted by atomic mass is 9.93. The summed E-state index contributed by atoms with van der Waals surface area (Å²) >= 11 is 0. The van der Waals surface area contributed by atoms with Crippen LogP contribution < -0.4 is 5.32 Å². The lowest BCUT2D eigenvalue weighted by molar-refractivity contribution is -0.384. The van der Waals surface area contributed by atoms with Crippen LogP contribution >= 0.6 is 0 Å². The van der Waals surface area contributed by atoms with Crippen LogP contribution in [0.5, 0.6) is 0 Å². The van der Waals surface area contributed by atoms with Gasteiger partial charge in [-0.05, 0) is 25.7 Å². The van der Waals surface area contributed by atoms with Crippen molar-refractivity contribution < 1.29 is 27.6 Å². The average Bonchev–Trinajstić information content (AvgIpc) is 2.47. The number of carbonyl (C=O) groups is 1. The van der Waals surface area contributed by atoms with Crippen molar-refractivity contribution >= 4 is 17.5 Å². The monoisotopic (exact) mass is 347 g/mol. The molecule has 1 aromatic heterocycles. The third-order valence-corrected chi connectivity index (χ3v) is 3.74. The van der Waals surface area contributed by atoms with E-state index in [4.69, 9.17) is 4.74 Å². The first-order valence-corrected chi connectivity index (χ1v) is 7.32. The molecule has 0 radical (unpaired) electrons. The van der Waals surface area contributed by atoms with Crippen molar-refractivity contribution in [2.45, 2.75) is 50.9 Å². The number of pyridine rings is 1. The van der Waals surface area contributed by atoms with Crippen molar-refractivity contribution in [1.82, 2.24) is 4.98 Å². The average molecular weight is 347 g/mol. The summed E-state index contributed by atoms with van der Waals surface area (Å²) in [5.74, 6) is -0.560. The fraction of sp³-hybridized carbons (Fsp3) is 0.571. The number of nitro groups is 1. The van der Waals surface area contributed by atoms with E-state index in [0.717, 1.165) is 0 Å². The molecule has 2 rings (SSSR count). The zero-order valence-corrected chi connectivity index (χ0v) is 12.8. The number of esters is 1. The quantitative estimate of drug-likeness (QED) is 0.510. The summed E-state index contributed by atoms with van der Waals surface area (Å²) in [5, 5.41) is 13.8. The molecule has 0 aliphatic heterocycles. The fourth-order valence-electron chi connectivity index (χ4n) is 2.61.